The summed E-state index contributed by atoms with van der Waals surface area (Å²) in [5.41, 5.74) is 0.874. The molecular weight excluding hydrogens is 268 g/mol. The Kier molecular flexibility index (Phi) is 3.63. The molecule has 7 heteroatoms. The summed E-state index contributed by atoms with van der Waals surface area (Å²) in [6, 6.07) is 7.59. The average molecular weight is 284 g/mol. The minimum atomic E-state index is 0.498. The number of hydrogen-bond acceptors (Lipinski definition) is 5. The number of nitrogens with zero attached hydrogens (tertiary/aromatic N) is 6. The van der Waals surface area contributed by atoms with Crippen molar-refractivity contribution in [3.63, 3.8) is 0 Å². The lowest BCUT2D eigenvalue weighted by atomic mass is 10.2. The molecule has 3 aromatic rings. The normalized spacial score (nSPS) is 10.8. The maximum Gasteiger partial charge on any atom is 0.205 e. The van der Waals surface area contributed by atoms with Crippen LogP contribution in [0.1, 0.15) is 12.7 Å². The fourth-order valence-corrected chi connectivity index (χ4v) is 2.09. The first-order valence-electron chi connectivity index (χ1n) is 6.72. The number of methoxy groups -OCH3 is 1. The quantitative estimate of drug-likeness (QED) is 0.712. The zero-order valence-corrected chi connectivity index (χ0v) is 12.0. The zero-order chi connectivity index (χ0) is 14.7. The van der Waals surface area contributed by atoms with Crippen LogP contribution in [0.5, 0.6) is 5.75 Å². The number of ether oxygens (including phenoxy) is 1. The molecule has 0 saturated heterocycles. The van der Waals surface area contributed by atoms with Gasteiger partial charge >= 0.3 is 0 Å². The van der Waals surface area contributed by atoms with Crippen LogP contribution in [0.15, 0.2) is 36.7 Å². The third-order valence-electron chi connectivity index (χ3n) is 3.21. The Hall–Kier alpha value is -2.70. The fraction of sp³-hybridized carbons (Fsp3) is 0.286. The summed E-state index contributed by atoms with van der Waals surface area (Å²) in [4.78, 5) is 5.85. The molecule has 0 spiro atoms. The molecule has 0 unspecified atom stereocenters. The van der Waals surface area contributed by atoms with Crippen LogP contribution in [-0.2, 0) is 13.1 Å². The summed E-state index contributed by atoms with van der Waals surface area (Å²) in [5, 5.41) is 12.6. The number of hydrogen-bond donors (Lipinski definition) is 0. The van der Waals surface area contributed by atoms with Gasteiger partial charge in [-0.3, -0.25) is 0 Å². The van der Waals surface area contributed by atoms with E-state index < -0.39 is 0 Å². The molecule has 0 radical (unpaired) electrons. The highest BCUT2D eigenvalue weighted by molar-refractivity contribution is 5.56. The topological polar surface area (TPSA) is 70.7 Å². The molecule has 0 saturated carbocycles. The van der Waals surface area contributed by atoms with E-state index in [2.05, 4.69) is 31.9 Å². The highest BCUT2D eigenvalue weighted by atomic mass is 16.5. The van der Waals surface area contributed by atoms with Crippen molar-refractivity contribution >= 4 is 0 Å². The van der Waals surface area contributed by atoms with Crippen LogP contribution in [0.3, 0.4) is 0 Å². The van der Waals surface area contributed by atoms with Crippen LogP contribution in [0.4, 0.5) is 0 Å². The van der Waals surface area contributed by atoms with Gasteiger partial charge in [0.25, 0.3) is 0 Å². The van der Waals surface area contributed by atoms with Crippen molar-refractivity contribution in [1.82, 2.24) is 29.8 Å². The lowest BCUT2D eigenvalue weighted by Gasteiger charge is -2.02. The van der Waals surface area contributed by atoms with E-state index >= 15 is 0 Å². The van der Waals surface area contributed by atoms with Gasteiger partial charge in [0.05, 0.1) is 7.11 Å². The number of rotatable bonds is 5. The molecule has 0 bridgehead atoms. The molecule has 108 valence electrons. The van der Waals surface area contributed by atoms with Crippen molar-refractivity contribution in [3.8, 4) is 17.1 Å². The number of tetrazole rings is 1. The highest BCUT2D eigenvalue weighted by Gasteiger charge is 2.09. The van der Waals surface area contributed by atoms with Crippen molar-refractivity contribution in [2.24, 2.45) is 0 Å². The molecule has 0 N–H and O–H groups in total. The third kappa shape index (κ3) is 2.76. The van der Waals surface area contributed by atoms with Crippen molar-refractivity contribution in [2.45, 2.75) is 20.0 Å². The second-order valence-electron chi connectivity index (χ2n) is 4.50. The van der Waals surface area contributed by atoms with Crippen molar-refractivity contribution in [3.05, 3.63) is 42.5 Å². The Bertz CT molecular complexity index is 732. The molecule has 0 aliphatic heterocycles. The number of aromatic nitrogens is 6. The Balaban J connectivity index is 1.83. The van der Waals surface area contributed by atoms with Crippen LogP contribution in [0.2, 0.25) is 0 Å². The van der Waals surface area contributed by atoms with E-state index in [4.69, 9.17) is 4.74 Å². The smallest absolute Gasteiger partial charge is 0.205 e. The van der Waals surface area contributed by atoms with Crippen LogP contribution >= 0.6 is 0 Å². The molecule has 0 aliphatic rings. The molecule has 2 heterocycles. The van der Waals surface area contributed by atoms with Crippen LogP contribution in [-0.4, -0.2) is 36.9 Å². The summed E-state index contributed by atoms with van der Waals surface area (Å²) >= 11 is 0. The number of benzene rings is 1. The predicted molar refractivity (Wildman–Crippen MR) is 76.8 cm³/mol. The average Bonchev–Trinajstić information content (AvgIpc) is 3.17. The number of aryl methyl sites for hydroxylation is 1. The Morgan fingerprint density at radius 3 is 3.00 bits per heavy atom. The minimum Gasteiger partial charge on any atom is -0.497 e. The van der Waals surface area contributed by atoms with Gasteiger partial charge in [-0.1, -0.05) is 12.1 Å². The molecular formula is C14H16N6O. The lowest BCUT2D eigenvalue weighted by Crippen LogP contribution is -2.10. The second kappa shape index (κ2) is 5.74. The molecule has 1 aromatic carbocycles. The maximum atomic E-state index is 5.20. The summed E-state index contributed by atoms with van der Waals surface area (Å²) in [6.07, 6.45) is 3.72. The molecule has 0 amide bonds. The monoisotopic (exact) mass is 284 g/mol. The zero-order valence-electron chi connectivity index (χ0n) is 12.0. The van der Waals surface area contributed by atoms with Gasteiger partial charge in [0.2, 0.25) is 5.82 Å². The summed E-state index contributed by atoms with van der Waals surface area (Å²) in [6.45, 7) is 3.44. The maximum absolute atomic E-state index is 5.20. The van der Waals surface area contributed by atoms with Gasteiger partial charge in [0, 0.05) is 24.5 Å². The van der Waals surface area contributed by atoms with E-state index in [9.17, 15) is 0 Å². The summed E-state index contributed by atoms with van der Waals surface area (Å²) < 4.78 is 7.25. The molecule has 3 rings (SSSR count). The van der Waals surface area contributed by atoms with Gasteiger partial charge in [0.1, 0.15) is 18.1 Å². The van der Waals surface area contributed by atoms with Crippen LogP contribution < -0.4 is 4.74 Å². The molecule has 0 fully saturated rings. The molecule has 0 aliphatic carbocycles. The van der Waals surface area contributed by atoms with Crippen LogP contribution in [0.25, 0.3) is 11.4 Å². The van der Waals surface area contributed by atoms with Gasteiger partial charge in [-0.2, -0.15) is 4.80 Å². The van der Waals surface area contributed by atoms with Crippen molar-refractivity contribution in [1.29, 1.82) is 0 Å². The van der Waals surface area contributed by atoms with Gasteiger partial charge in [-0.15, -0.1) is 10.2 Å². The summed E-state index contributed by atoms with van der Waals surface area (Å²) in [7, 11) is 1.63. The molecule has 21 heavy (non-hydrogen) atoms. The Morgan fingerprint density at radius 2 is 2.19 bits per heavy atom. The minimum absolute atomic E-state index is 0.498. The van der Waals surface area contributed by atoms with Gasteiger partial charge in [-0.05, 0) is 24.3 Å². The van der Waals surface area contributed by atoms with Gasteiger partial charge < -0.3 is 9.30 Å². The van der Waals surface area contributed by atoms with Gasteiger partial charge in [-0.25, -0.2) is 4.98 Å². The Labute approximate surface area is 122 Å². The Morgan fingerprint density at radius 1 is 1.29 bits per heavy atom. The molecule has 2 aromatic heterocycles. The van der Waals surface area contributed by atoms with Gasteiger partial charge in [0.15, 0.2) is 0 Å². The molecule has 0 atom stereocenters. The SMILES string of the molecule is CCn1ccnc1Cn1nnc(-c2cccc(OC)c2)n1. The van der Waals surface area contributed by atoms with Crippen molar-refractivity contribution in [2.75, 3.05) is 7.11 Å². The first kappa shape index (κ1) is 13.3. The second-order valence-corrected chi connectivity index (χ2v) is 4.50. The van der Waals surface area contributed by atoms with E-state index in [1.54, 1.807) is 18.1 Å². The van der Waals surface area contributed by atoms with E-state index in [0.717, 1.165) is 23.7 Å². The summed E-state index contributed by atoms with van der Waals surface area (Å²) in [5.74, 6) is 2.25. The molecule has 7 nitrogen and oxygen atoms in total. The first-order valence-corrected chi connectivity index (χ1v) is 6.72. The van der Waals surface area contributed by atoms with E-state index in [1.807, 2.05) is 30.5 Å². The van der Waals surface area contributed by atoms with E-state index in [1.165, 1.54) is 0 Å². The third-order valence-corrected chi connectivity index (χ3v) is 3.21. The largest absolute Gasteiger partial charge is 0.497 e. The van der Waals surface area contributed by atoms with E-state index in [-0.39, 0.29) is 0 Å². The predicted octanol–water partition coefficient (Wildman–Crippen LogP) is 1.61. The first-order chi connectivity index (χ1) is 10.3. The highest BCUT2D eigenvalue weighted by Crippen LogP contribution is 2.19. The lowest BCUT2D eigenvalue weighted by molar-refractivity contribution is 0.415. The number of imidazole rings is 1. The van der Waals surface area contributed by atoms with E-state index in [0.29, 0.717) is 12.4 Å². The van der Waals surface area contributed by atoms with Crippen molar-refractivity contribution < 1.29 is 4.74 Å². The fourth-order valence-electron chi connectivity index (χ4n) is 2.09. The standard InChI is InChI=1S/C14H16N6O/c1-3-19-8-7-15-13(19)10-20-17-14(16-18-20)11-5-4-6-12(9-11)21-2/h4-9H,3,10H2,1-2H3. The van der Waals surface area contributed by atoms with Crippen LogP contribution in [0, 0.1) is 0 Å².